The number of methoxy groups -OCH3 is 1. The number of carbonyl (C=O) groups is 2. The normalized spacial score (nSPS) is 17.6. The average Bonchev–Trinajstić information content (AvgIpc) is 2.79. The molecule has 0 saturated heterocycles. The van der Waals surface area contributed by atoms with Gasteiger partial charge in [0.1, 0.15) is 11.6 Å². The van der Waals surface area contributed by atoms with E-state index in [1.54, 1.807) is 37.3 Å². The highest BCUT2D eigenvalue weighted by Gasteiger charge is 2.38. The Morgan fingerprint density at radius 3 is 2.55 bits per heavy atom. The second-order valence-electron chi connectivity index (χ2n) is 7.64. The van der Waals surface area contributed by atoms with Crippen LogP contribution in [0.2, 0.25) is 0 Å². The van der Waals surface area contributed by atoms with Crippen molar-refractivity contribution in [3.8, 4) is 5.75 Å². The van der Waals surface area contributed by atoms with Crippen LogP contribution in [0.15, 0.2) is 72.9 Å². The fraction of sp³-hybridized carbons (Fsp3) is 0.240. The third kappa shape index (κ3) is 3.89. The number of para-hydroxylation sites is 1. The standard InChI is InChI=1S/C25H25N3O3/c1-17-15-23(28(18(2)29)24-13-6-7-14-26-24)21-11-4-5-12-22(21)27(17)25(30)19-9-8-10-20(16-19)31-3/h4-14,16-17,23H,15H2,1-3H3/t17-,23+/m1/s1. The number of benzene rings is 2. The summed E-state index contributed by atoms with van der Waals surface area (Å²) in [5.74, 6) is 1.07. The highest BCUT2D eigenvalue weighted by Crippen LogP contribution is 2.42. The first-order valence-electron chi connectivity index (χ1n) is 10.3. The quantitative estimate of drug-likeness (QED) is 0.624. The Morgan fingerprint density at radius 1 is 1.06 bits per heavy atom. The molecule has 2 aromatic carbocycles. The number of anilines is 2. The first-order valence-corrected chi connectivity index (χ1v) is 10.3. The van der Waals surface area contributed by atoms with Crippen LogP contribution in [0.4, 0.5) is 11.5 Å². The fourth-order valence-electron chi connectivity index (χ4n) is 4.27. The number of pyridine rings is 1. The Bertz CT molecular complexity index is 1100. The minimum Gasteiger partial charge on any atom is -0.497 e. The van der Waals surface area contributed by atoms with Gasteiger partial charge in [-0.05, 0) is 55.3 Å². The van der Waals surface area contributed by atoms with Crippen LogP contribution >= 0.6 is 0 Å². The Morgan fingerprint density at radius 2 is 1.84 bits per heavy atom. The molecule has 0 bridgehead atoms. The summed E-state index contributed by atoms with van der Waals surface area (Å²) in [5, 5.41) is 0. The topological polar surface area (TPSA) is 62.7 Å². The molecule has 1 aliphatic heterocycles. The van der Waals surface area contributed by atoms with Gasteiger partial charge in [-0.15, -0.1) is 0 Å². The molecular formula is C25H25N3O3. The molecule has 0 fully saturated rings. The molecule has 1 aliphatic rings. The number of nitrogens with zero attached hydrogens (tertiary/aromatic N) is 3. The SMILES string of the molecule is COc1cccc(C(=O)N2c3ccccc3[C@@H](N(C(C)=O)c3ccccn3)C[C@H]2C)c1. The van der Waals surface area contributed by atoms with Gasteiger partial charge in [0.25, 0.3) is 5.91 Å². The van der Waals surface area contributed by atoms with Crippen molar-refractivity contribution in [2.75, 3.05) is 16.9 Å². The van der Waals surface area contributed by atoms with Gasteiger partial charge in [-0.3, -0.25) is 14.5 Å². The van der Waals surface area contributed by atoms with Crippen LogP contribution in [0.25, 0.3) is 0 Å². The molecule has 0 unspecified atom stereocenters. The number of carbonyl (C=O) groups excluding carboxylic acids is 2. The molecule has 2 amide bonds. The lowest BCUT2D eigenvalue weighted by molar-refractivity contribution is -0.117. The maximum Gasteiger partial charge on any atom is 0.258 e. The number of aromatic nitrogens is 1. The molecule has 0 spiro atoms. The highest BCUT2D eigenvalue weighted by atomic mass is 16.5. The minimum atomic E-state index is -0.215. The Balaban J connectivity index is 1.77. The van der Waals surface area contributed by atoms with Gasteiger partial charge in [-0.1, -0.05) is 30.3 Å². The van der Waals surface area contributed by atoms with E-state index in [0.717, 1.165) is 11.3 Å². The van der Waals surface area contributed by atoms with Gasteiger partial charge in [-0.25, -0.2) is 4.98 Å². The average molecular weight is 415 g/mol. The van der Waals surface area contributed by atoms with E-state index in [4.69, 9.17) is 4.74 Å². The Hall–Kier alpha value is -3.67. The van der Waals surface area contributed by atoms with Gasteiger partial charge < -0.3 is 9.64 Å². The van der Waals surface area contributed by atoms with E-state index in [0.29, 0.717) is 23.6 Å². The number of amides is 2. The van der Waals surface area contributed by atoms with Crippen molar-refractivity contribution in [1.29, 1.82) is 0 Å². The summed E-state index contributed by atoms with van der Waals surface area (Å²) < 4.78 is 5.29. The van der Waals surface area contributed by atoms with Crippen LogP contribution < -0.4 is 14.5 Å². The van der Waals surface area contributed by atoms with E-state index in [1.807, 2.05) is 66.4 Å². The van der Waals surface area contributed by atoms with Crippen LogP contribution in [0.5, 0.6) is 5.75 Å². The summed E-state index contributed by atoms with van der Waals surface area (Å²) in [6.45, 7) is 3.56. The monoisotopic (exact) mass is 415 g/mol. The zero-order valence-corrected chi connectivity index (χ0v) is 17.9. The van der Waals surface area contributed by atoms with Gasteiger partial charge in [0.15, 0.2) is 0 Å². The predicted octanol–water partition coefficient (Wildman–Crippen LogP) is 4.62. The van der Waals surface area contributed by atoms with Crippen molar-refractivity contribution >= 4 is 23.3 Å². The van der Waals surface area contributed by atoms with Crippen molar-refractivity contribution < 1.29 is 14.3 Å². The molecule has 31 heavy (non-hydrogen) atoms. The fourth-order valence-corrected chi connectivity index (χ4v) is 4.27. The zero-order valence-electron chi connectivity index (χ0n) is 17.9. The summed E-state index contributed by atoms with van der Waals surface area (Å²) in [7, 11) is 1.58. The van der Waals surface area contributed by atoms with E-state index in [1.165, 1.54) is 0 Å². The largest absolute Gasteiger partial charge is 0.497 e. The highest BCUT2D eigenvalue weighted by molar-refractivity contribution is 6.07. The maximum atomic E-state index is 13.5. The summed E-state index contributed by atoms with van der Waals surface area (Å²) in [6.07, 6.45) is 2.28. The first-order chi connectivity index (χ1) is 15.0. The molecule has 0 radical (unpaired) electrons. The lowest BCUT2D eigenvalue weighted by atomic mass is 9.89. The number of rotatable bonds is 4. The van der Waals surface area contributed by atoms with Crippen molar-refractivity contribution in [2.24, 2.45) is 0 Å². The summed E-state index contributed by atoms with van der Waals surface area (Å²) in [4.78, 5) is 34.1. The number of fused-ring (bicyclic) bond motifs is 1. The van der Waals surface area contributed by atoms with Crippen LogP contribution in [0.3, 0.4) is 0 Å². The minimum absolute atomic E-state index is 0.0849. The number of ether oxygens (including phenoxy) is 1. The van der Waals surface area contributed by atoms with Crippen molar-refractivity contribution in [1.82, 2.24) is 4.98 Å². The maximum absolute atomic E-state index is 13.5. The molecule has 2 atom stereocenters. The Kier molecular flexibility index (Phi) is 5.71. The van der Waals surface area contributed by atoms with E-state index in [-0.39, 0.29) is 23.9 Å². The molecule has 4 rings (SSSR count). The second kappa shape index (κ2) is 8.60. The molecule has 0 aliphatic carbocycles. The first kappa shape index (κ1) is 20.6. The molecule has 6 nitrogen and oxygen atoms in total. The lowest BCUT2D eigenvalue weighted by Crippen LogP contribution is -2.47. The summed E-state index contributed by atoms with van der Waals surface area (Å²) in [6, 6.07) is 20.1. The van der Waals surface area contributed by atoms with Crippen molar-refractivity contribution in [3.63, 3.8) is 0 Å². The van der Waals surface area contributed by atoms with Gasteiger partial charge in [-0.2, -0.15) is 0 Å². The molecule has 0 N–H and O–H groups in total. The van der Waals surface area contributed by atoms with Gasteiger partial charge in [0, 0.05) is 30.4 Å². The van der Waals surface area contributed by atoms with Gasteiger partial charge in [0.05, 0.1) is 13.2 Å². The smallest absolute Gasteiger partial charge is 0.258 e. The van der Waals surface area contributed by atoms with E-state index < -0.39 is 0 Å². The molecule has 3 aromatic rings. The van der Waals surface area contributed by atoms with Gasteiger partial charge in [0.2, 0.25) is 5.91 Å². The molecule has 158 valence electrons. The van der Waals surface area contributed by atoms with Crippen LogP contribution in [-0.2, 0) is 4.79 Å². The molecule has 2 heterocycles. The van der Waals surface area contributed by atoms with Crippen LogP contribution in [-0.4, -0.2) is 29.9 Å². The van der Waals surface area contributed by atoms with Gasteiger partial charge >= 0.3 is 0 Å². The third-order valence-corrected chi connectivity index (χ3v) is 5.64. The molecule has 0 saturated carbocycles. The molecular weight excluding hydrogens is 390 g/mol. The van der Waals surface area contributed by atoms with E-state index >= 15 is 0 Å². The Labute approximate surface area is 182 Å². The lowest BCUT2D eigenvalue weighted by Gasteiger charge is -2.43. The molecule has 6 heteroatoms. The summed E-state index contributed by atoms with van der Waals surface area (Å²) >= 11 is 0. The predicted molar refractivity (Wildman–Crippen MR) is 120 cm³/mol. The molecule has 1 aromatic heterocycles. The van der Waals surface area contributed by atoms with Crippen LogP contribution in [0.1, 0.15) is 42.2 Å². The van der Waals surface area contributed by atoms with E-state index in [9.17, 15) is 9.59 Å². The van der Waals surface area contributed by atoms with E-state index in [2.05, 4.69) is 4.98 Å². The summed E-state index contributed by atoms with van der Waals surface area (Å²) in [5.41, 5.74) is 2.30. The van der Waals surface area contributed by atoms with Crippen molar-refractivity contribution in [2.45, 2.75) is 32.4 Å². The second-order valence-corrected chi connectivity index (χ2v) is 7.64. The number of hydrogen-bond acceptors (Lipinski definition) is 4. The zero-order chi connectivity index (χ0) is 22.0. The van der Waals surface area contributed by atoms with Crippen molar-refractivity contribution in [3.05, 3.63) is 84.1 Å². The number of hydrogen-bond donors (Lipinski definition) is 0. The third-order valence-electron chi connectivity index (χ3n) is 5.64. The van der Waals surface area contributed by atoms with Crippen LogP contribution in [0, 0.1) is 0 Å².